The Kier molecular flexibility index (Phi) is 6.24. The molecule has 0 saturated carbocycles. The zero-order valence-corrected chi connectivity index (χ0v) is 13.8. The molecule has 2 amide bonds. The number of nitrogens with one attached hydrogen (secondary N) is 2. The maximum atomic E-state index is 11.9. The van der Waals surface area contributed by atoms with Crippen LogP contribution in [0.1, 0.15) is 25.3 Å². The summed E-state index contributed by atoms with van der Waals surface area (Å²) in [5, 5.41) is 16.1. The Balaban J connectivity index is 1.76. The fraction of sp³-hybridized carbons (Fsp3) is 0.588. The Labute approximate surface area is 137 Å². The summed E-state index contributed by atoms with van der Waals surface area (Å²) in [6.07, 6.45) is 2.11. The van der Waals surface area contributed by atoms with Gasteiger partial charge in [-0.05, 0) is 37.5 Å². The third-order valence-electron chi connectivity index (χ3n) is 3.93. The molecule has 0 aromatic heterocycles. The molecule has 2 rings (SSSR count). The highest BCUT2D eigenvalue weighted by Gasteiger charge is 2.23. The van der Waals surface area contributed by atoms with Crippen molar-refractivity contribution in [3.8, 4) is 5.75 Å². The van der Waals surface area contributed by atoms with E-state index in [1.165, 1.54) is 0 Å². The number of amides is 2. The molecule has 3 N–H and O–H groups in total. The van der Waals surface area contributed by atoms with Crippen molar-refractivity contribution >= 4 is 6.03 Å². The number of ether oxygens (including phenoxy) is 2. The minimum Gasteiger partial charge on any atom is -0.497 e. The van der Waals surface area contributed by atoms with Crippen LogP contribution in [0.3, 0.4) is 0 Å². The second-order valence-corrected chi connectivity index (χ2v) is 6.24. The lowest BCUT2D eigenvalue weighted by molar-refractivity contribution is 0.0607. The average Bonchev–Trinajstić information content (AvgIpc) is 2.54. The van der Waals surface area contributed by atoms with Gasteiger partial charge in [0.2, 0.25) is 0 Å². The molecule has 0 bridgehead atoms. The molecule has 1 aromatic carbocycles. The molecular formula is C17H26N2O4. The Morgan fingerprint density at radius 1 is 1.35 bits per heavy atom. The van der Waals surface area contributed by atoms with Gasteiger partial charge >= 0.3 is 6.03 Å². The molecule has 0 aliphatic carbocycles. The number of carbonyl (C=O) groups excluding carboxylic acids is 1. The Hall–Kier alpha value is -1.79. The lowest BCUT2D eigenvalue weighted by atomic mass is 9.96. The molecule has 1 aliphatic rings. The number of hydrogen-bond donors (Lipinski definition) is 3. The van der Waals surface area contributed by atoms with Gasteiger partial charge in [-0.25, -0.2) is 4.79 Å². The van der Waals surface area contributed by atoms with Gasteiger partial charge in [0, 0.05) is 32.2 Å². The van der Waals surface area contributed by atoms with Crippen molar-refractivity contribution in [3.05, 3.63) is 29.8 Å². The molecule has 6 nitrogen and oxygen atoms in total. The fourth-order valence-corrected chi connectivity index (χ4v) is 2.59. The fourth-order valence-electron chi connectivity index (χ4n) is 2.59. The average molecular weight is 322 g/mol. The summed E-state index contributed by atoms with van der Waals surface area (Å²) in [5.41, 5.74) is -0.0239. The Bertz CT molecular complexity index is 496. The van der Waals surface area contributed by atoms with E-state index in [-0.39, 0.29) is 18.6 Å². The molecule has 1 atom stereocenters. The quantitative estimate of drug-likeness (QED) is 0.741. The predicted molar refractivity (Wildman–Crippen MR) is 87.7 cm³/mol. The van der Waals surface area contributed by atoms with Crippen molar-refractivity contribution in [3.63, 3.8) is 0 Å². The number of aliphatic hydroxyl groups is 1. The molecule has 23 heavy (non-hydrogen) atoms. The summed E-state index contributed by atoms with van der Waals surface area (Å²) in [6.45, 7) is 3.26. The molecular weight excluding hydrogens is 296 g/mol. The summed E-state index contributed by atoms with van der Waals surface area (Å²) >= 11 is 0. The van der Waals surface area contributed by atoms with Crippen LogP contribution in [0.2, 0.25) is 0 Å². The van der Waals surface area contributed by atoms with E-state index >= 15 is 0 Å². The lowest BCUT2D eigenvalue weighted by Gasteiger charge is -2.26. The summed E-state index contributed by atoms with van der Waals surface area (Å²) in [6, 6.07) is 7.44. The van der Waals surface area contributed by atoms with Crippen LogP contribution < -0.4 is 15.4 Å². The third-order valence-corrected chi connectivity index (χ3v) is 3.93. The number of carbonyl (C=O) groups is 1. The van der Waals surface area contributed by atoms with E-state index < -0.39 is 5.60 Å². The van der Waals surface area contributed by atoms with Gasteiger partial charge in [-0.3, -0.25) is 0 Å². The van der Waals surface area contributed by atoms with Crippen LogP contribution in [0.5, 0.6) is 5.75 Å². The van der Waals surface area contributed by atoms with Crippen molar-refractivity contribution in [2.45, 2.75) is 37.8 Å². The first kappa shape index (κ1) is 17.6. The molecule has 0 radical (unpaired) electrons. The van der Waals surface area contributed by atoms with Gasteiger partial charge in [-0.2, -0.15) is 0 Å². The van der Waals surface area contributed by atoms with E-state index in [2.05, 4.69) is 10.6 Å². The van der Waals surface area contributed by atoms with Crippen molar-refractivity contribution in [1.82, 2.24) is 10.6 Å². The van der Waals surface area contributed by atoms with Crippen LogP contribution in [0.4, 0.5) is 4.79 Å². The molecule has 1 saturated heterocycles. The zero-order chi connectivity index (χ0) is 16.7. The highest BCUT2D eigenvalue weighted by molar-refractivity contribution is 5.74. The summed E-state index contributed by atoms with van der Waals surface area (Å²) in [5.74, 6) is 0.780. The largest absolute Gasteiger partial charge is 0.497 e. The second-order valence-electron chi connectivity index (χ2n) is 6.24. The number of urea groups is 1. The molecule has 128 valence electrons. The van der Waals surface area contributed by atoms with E-state index in [1.807, 2.05) is 24.3 Å². The number of rotatable bonds is 6. The van der Waals surface area contributed by atoms with Crippen LogP contribution in [-0.4, -0.2) is 49.6 Å². The van der Waals surface area contributed by atoms with Crippen LogP contribution in [0, 0.1) is 0 Å². The van der Waals surface area contributed by atoms with E-state index in [0.29, 0.717) is 19.6 Å². The van der Waals surface area contributed by atoms with Crippen LogP contribution in [0.15, 0.2) is 24.3 Å². The normalized spacial score (nSPS) is 18.0. The van der Waals surface area contributed by atoms with Gasteiger partial charge in [0.1, 0.15) is 5.75 Å². The van der Waals surface area contributed by atoms with Crippen molar-refractivity contribution in [1.29, 1.82) is 0 Å². The van der Waals surface area contributed by atoms with Gasteiger partial charge in [0.15, 0.2) is 0 Å². The first-order valence-electron chi connectivity index (χ1n) is 7.96. The summed E-state index contributed by atoms with van der Waals surface area (Å²) < 4.78 is 10.4. The third kappa shape index (κ3) is 6.08. The first-order chi connectivity index (χ1) is 11.0. The van der Waals surface area contributed by atoms with E-state index in [1.54, 1.807) is 14.0 Å². The minimum absolute atomic E-state index is 0.148. The standard InChI is InChI=1S/C17H26N2O4/c1-17(21,11-13-3-5-15(22-2)6-4-13)12-18-16(20)19-14-7-9-23-10-8-14/h3-6,14,21H,7-12H2,1-2H3,(H2,18,19,20). The van der Waals surface area contributed by atoms with Gasteiger partial charge in [-0.15, -0.1) is 0 Å². The molecule has 1 unspecified atom stereocenters. The number of hydrogen-bond acceptors (Lipinski definition) is 4. The maximum Gasteiger partial charge on any atom is 0.315 e. The molecule has 0 spiro atoms. The molecule has 1 fully saturated rings. The molecule has 6 heteroatoms. The topological polar surface area (TPSA) is 79.8 Å². The van der Waals surface area contributed by atoms with Gasteiger partial charge < -0.3 is 25.2 Å². The second kappa shape index (κ2) is 8.17. The van der Waals surface area contributed by atoms with E-state index in [0.717, 1.165) is 24.2 Å². The molecule has 1 heterocycles. The van der Waals surface area contributed by atoms with Crippen LogP contribution >= 0.6 is 0 Å². The maximum absolute atomic E-state index is 11.9. The van der Waals surface area contributed by atoms with E-state index in [4.69, 9.17) is 9.47 Å². The summed E-state index contributed by atoms with van der Waals surface area (Å²) in [4.78, 5) is 11.9. The Morgan fingerprint density at radius 3 is 2.61 bits per heavy atom. The smallest absolute Gasteiger partial charge is 0.315 e. The van der Waals surface area contributed by atoms with Gasteiger partial charge in [0.25, 0.3) is 0 Å². The monoisotopic (exact) mass is 322 g/mol. The van der Waals surface area contributed by atoms with E-state index in [9.17, 15) is 9.90 Å². The highest BCUT2D eigenvalue weighted by atomic mass is 16.5. The highest BCUT2D eigenvalue weighted by Crippen LogP contribution is 2.16. The van der Waals surface area contributed by atoms with Crippen molar-refractivity contribution in [2.75, 3.05) is 26.9 Å². The lowest BCUT2D eigenvalue weighted by Crippen LogP contribution is -2.49. The number of benzene rings is 1. The molecule has 1 aromatic rings. The van der Waals surface area contributed by atoms with Gasteiger partial charge in [0.05, 0.1) is 12.7 Å². The van der Waals surface area contributed by atoms with Crippen molar-refractivity contribution < 1.29 is 19.4 Å². The summed E-state index contributed by atoms with van der Waals surface area (Å²) in [7, 11) is 1.62. The van der Waals surface area contributed by atoms with Gasteiger partial charge in [-0.1, -0.05) is 12.1 Å². The first-order valence-corrected chi connectivity index (χ1v) is 7.96. The SMILES string of the molecule is COc1ccc(CC(C)(O)CNC(=O)NC2CCOCC2)cc1. The number of methoxy groups -OCH3 is 1. The predicted octanol–water partition coefficient (Wildman–Crippen LogP) is 1.47. The zero-order valence-electron chi connectivity index (χ0n) is 13.8. The molecule has 1 aliphatic heterocycles. The Morgan fingerprint density at radius 2 is 2.00 bits per heavy atom. The van der Waals surface area contributed by atoms with Crippen LogP contribution in [-0.2, 0) is 11.2 Å². The minimum atomic E-state index is -1.01. The van der Waals surface area contributed by atoms with Crippen molar-refractivity contribution in [2.24, 2.45) is 0 Å². The van der Waals surface area contributed by atoms with Crippen LogP contribution in [0.25, 0.3) is 0 Å².